The van der Waals surface area contributed by atoms with Gasteiger partial charge in [0.25, 0.3) is 11.5 Å². The van der Waals surface area contributed by atoms with Crippen molar-refractivity contribution in [2.75, 3.05) is 11.4 Å². The van der Waals surface area contributed by atoms with Gasteiger partial charge in [0, 0.05) is 15.7 Å². The average molecular weight is 547 g/mol. The molecule has 0 fully saturated rings. The van der Waals surface area contributed by atoms with Gasteiger partial charge in [-0.3, -0.25) is 14.2 Å². The number of amides is 1. The first-order valence-corrected chi connectivity index (χ1v) is 12.0. The van der Waals surface area contributed by atoms with Gasteiger partial charge in [-0.2, -0.15) is 0 Å². The van der Waals surface area contributed by atoms with Crippen molar-refractivity contribution in [1.82, 2.24) is 9.55 Å². The summed E-state index contributed by atoms with van der Waals surface area (Å²) >= 11 is 2.20. The van der Waals surface area contributed by atoms with Crippen LogP contribution in [0.3, 0.4) is 0 Å². The molecule has 1 aliphatic rings. The zero-order valence-corrected chi connectivity index (χ0v) is 20.5. The highest BCUT2D eigenvalue weighted by atomic mass is 127. The van der Waals surface area contributed by atoms with Gasteiger partial charge in [-0.15, -0.1) is 0 Å². The first-order valence-electron chi connectivity index (χ1n) is 10.9. The summed E-state index contributed by atoms with van der Waals surface area (Å²) in [4.78, 5) is 33.8. The molecule has 33 heavy (non-hydrogen) atoms. The highest BCUT2D eigenvalue weighted by molar-refractivity contribution is 14.1. The lowest BCUT2D eigenvalue weighted by molar-refractivity contribution is -0.113. The molecule has 5 nitrogen and oxygen atoms in total. The van der Waals surface area contributed by atoms with Crippen LogP contribution in [0, 0.1) is 10.5 Å². The SMILES string of the molecule is CCCN1C(=O)C(=Cc2nc3ccc(I)cc3c(=O)n2-c2ccccc2C)c2ccccc21. The van der Waals surface area contributed by atoms with Crippen molar-refractivity contribution in [2.45, 2.75) is 20.3 Å². The van der Waals surface area contributed by atoms with Crippen LogP contribution in [0.1, 0.15) is 30.3 Å². The summed E-state index contributed by atoms with van der Waals surface area (Å²) in [5.41, 5.74) is 4.49. The van der Waals surface area contributed by atoms with Crippen LogP contribution < -0.4 is 10.5 Å². The quantitative estimate of drug-likeness (QED) is 0.247. The third-order valence-electron chi connectivity index (χ3n) is 5.89. The number of hydrogen-bond donors (Lipinski definition) is 0. The highest BCUT2D eigenvalue weighted by Gasteiger charge is 2.32. The van der Waals surface area contributed by atoms with E-state index in [1.165, 1.54) is 0 Å². The molecule has 0 bridgehead atoms. The minimum Gasteiger partial charge on any atom is -0.308 e. The van der Waals surface area contributed by atoms with Gasteiger partial charge in [-0.1, -0.05) is 43.3 Å². The van der Waals surface area contributed by atoms with Gasteiger partial charge in [-0.25, -0.2) is 4.98 Å². The Morgan fingerprint density at radius 1 is 0.970 bits per heavy atom. The van der Waals surface area contributed by atoms with Gasteiger partial charge in [0.2, 0.25) is 0 Å². The fourth-order valence-corrected chi connectivity index (χ4v) is 4.83. The summed E-state index contributed by atoms with van der Waals surface area (Å²) in [6, 6.07) is 21.2. The number of carbonyl (C=O) groups is 1. The van der Waals surface area contributed by atoms with Crippen molar-refractivity contribution in [3.63, 3.8) is 0 Å². The van der Waals surface area contributed by atoms with Crippen LogP contribution in [-0.2, 0) is 4.79 Å². The van der Waals surface area contributed by atoms with Gasteiger partial charge in [-0.05, 0) is 77.9 Å². The number of carbonyl (C=O) groups excluding carboxylic acids is 1. The van der Waals surface area contributed by atoms with Crippen LogP contribution >= 0.6 is 22.6 Å². The smallest absolute Gasteiger partial charge is 0.266 e. The van der Waals surface area contributed by atoms with Crippen LogP contribution in [0.15, 0.2) is 71.5 Å². The lowest BCUT2D eigenvalue weighted by Crippen LogP contribution is -2.27. The summed E-state index contributed by atoms with van der Waals surface area (Å²) in [7, 11) is 0. The molecule has 0 unspecified atom stereocenters. The monoisotopic (exact) mass is 547 g/mol. The van der Waals surface area contributed by atoms with E-state index in [-0.39, 0.29) is 11.5 Å². The van der Waals surface area contributed by atoms with Gasteiger partial charge in [0.15, 0.2) is 0 Å². The normalized spacial score (nSPS) is 14.3. The van der Waals surface area contributed by atoms with Gasteiger partial charge in [0.1, 0.15) is 5.82 Å². The predicted molar refractivity (Wildman–Crippen MR) is 142 cm³/mol. The summed E-state index contributed by atoms with van der Waals surface area (Å²) in [6.07, 6.45) is 2.62. The second-order valence-electron chi connectivity index (χ2n) is 8.09. The second kappa shape index (κ2) is 8.59. The summed E-state index contributed by atoms with van der Waals surface area (Å²) in [5.74, 6) is 0.380. The van der Waals surface area contributed by atoms with E-state index in [2.05, 4.69) is 29.5 Å². The summed E-state index contributed by atoms with van der Waals surface area (Å²) in [5, 5.41) is 0.554. The molecule has 164 valence electrons. The largest absolute Gasteiger partial charge is 0.308 e. The first kappa shape index (κ1) is 21.6. The minimum absolute atomic E-state index is 0.0636. The maximum absolute atomic E-state index is 13.7. The van der Waals surface area contributed by atoms with Crippen LogP contribution in [0.2, 0.25) is 0 Å². The number of aryl methyl sites for hydroxylation is 1. The number of benzene rings is 3. The Labute approximate surface area is 205 Å². The second-order valence-corrected chi connectivity index (χ2v) is 9.34. The molecule has 5 rings (SSSR count). The molecule has 0 radical (unpaired) electrons. The lowest BCUT2D eigenvalue weighted by atomic mass is 10.1. The summed E-state index contributed by atoms with van der Waals surface area (Å²) < 4.78 is 2.59. The van der Waals surface area contributed by atoms with Gasteiger partial charge >= 0.3 is 0 Å². The molecule has 1 amide bonds. The van der Waals surface area contributed by atoms with E-state index in [0.29, 0.717) is 28.8 Å². The van der Waals surface area contributed by atoms with Crippen molar-refractivity contribution < 1.29 is 4.79 Å². The molecule has 0 saturated carbocycles. The Morgan fingerprint density at radius 2 is 1.70 bits per heavy atom. The Balaban J connectivity index is 1.82. The number of aromatic nitrogens is 2. The van der Waals surface area contributed by atoms with Crippen molar-refractivity contribution in [3.05, 3.63) is 97.6 Å². The molecule has 3 aromatic carbocycles. The highest BCUT2D eigenvalue weighted by Crippen LogP contribution is 2.37. The summed E-state index contributed by atoms with van der Waals surface area (Å²) in [6.45, 7) is 4.66. The van der Waals surface area contributed by atoms with E-state index >= 15 is 0 Å². The zero-order valence-electron chi connectivity index (χ0n) is 18.4. The van der Waals surface area contributed by atoms with Crippen LogP contribution in [0.5, 0.6) is 0 Å². The first-order chi connectivity index (χ1) is 16.0. The van der Waals surface area contributed by atoms with Crippen LogP contribution in [0.4, 0.5) is 5.69 Å². The Bertz CT molecular complexity index is 1500. The van der Waals surface area contributed by atoms with Crippen LogP contribution in [0.25, 0.3) is 28.2 Å². The number of para-hydroxylation sites is 2. The standard InChI is InChI=1S/C27H22IN3O2/c1-3-14-30-24-11-7-5-9-19(24)20(26(30)32)16-25-29-22-13-12-18(28)15-21(22)27(33)31(25)23-10-6-4-8-17(23)2/h4-13,15-16H,3,14H2,1-2H3. The maximum Gasteiger partial charge on any atom is 0.266 e. The third-order valence-corrected chi connectivity index (χ3v) is 6.56. The van der Waals surface area contributed by atoms with Crippen molar-refractivity contribution >= 4 is 56.7 Å². The number of halogens is 1. The Morgan fingerprint density at radius 3 is 2.45 bits per heavy atom. The average Bonchev–Trinajstić information content (AvgIpc) is 3.07. The predicted octanol–water partition coefficient (Wildman–Crippen LogP) is 5.60. The number of anilines is 1. The molecular weight excluding hydrogens is 525 g/mol. The Hall–Kier alpha value is -3.26. The molecule has 1 aliphatic heterocycles. The van der Waals surface area contributed by atoms with E-state index in [9.17, 15) is 9.59 Å². The molecule has 0 spiro atoms. The molecule has 2 heterocycles. The minimum atomic E-state index is -0.149. The number of fused-ring (bicyclic) bond motifs is 2. The van der Waals surface area contributed by atoms with Crippen LogP contribution in [-0.4, -0.2) is 22.0 Å². The lowest BCUT2D eigenvalue weighted by Gasteiger charge is -2.16. The maximum atomic E-state index is 13.7. The topological polar surface area (TPSA) is 55.2 Å². The molecule has 4 aromatic rings. The third kappa shape index (κ3) is 3.68. The van der Waals surface area contributed by atoms with Crippen molar-refractivity contribution in [3.8, 4) is 5.69 Å². The number of rotatable bonds is 4. The Kier molecular flexibility index (Phi) is 5.62. The van der Waals surface area contributed by atoms with Gasteiger partial charge < -0.3 is 4.90 Å². The zero-order chi connectivity index (χ0) is 23.1. The number of nitrogens with zero attached hydrogens (tertiary/aromatic N) is 3. The fourth-order valence-electron chi connectivity index (χ4n) is 4.34. The molecule has 0 aliphatic carbocycles. The van der Waals surface area contributed by atoms with E-state index in [4.69, 9.17) is 4.98 Å². The molecule has 0 atom stereocenters. The molecule has 0 N–H and O–H groups in total. The molecular formula is C27H22IN3O2. The van der Waals surface area contributed by atoms with Gasteiger partial charge in [0.05, 0.1) is 27.9 Å². The van der Waals surface area contributed by atoms with E-state index < -0.39 is 0 Å². The van der Waals surface area contributed by atoms with Crippen molar-refractivity contribution in [1.29, 1.82) is 0 Å². The molecule has 1 aromatic heterocycles. The van der Waals surface area contributed by atoms with Crippen molar-refractivity contribution in [2.24, 2.45) is 0 Å². The van der Waals surface area contributed by atoms with E-state index in [0.717, 1.165) is 32.5 Å². The fraction of sp³-hybridized carbons (Fsp3) is 0.148. The number of hydrogen-bond acceptors (Lipinski definition) is 3. The van der Waals surface area contributed by atoms with E-state index in [1.54, 1.807) is 15.5 Å². The molecule has 0 saturated heterocycles. The molecule has 6 heteroatoms. The van der Waals surface area contributed by atoms with E-state index in [1.807, 2.05) is 73.7 Å².